The second-order valence-corrected chi connectivity index (χ2v) is 15.2. The molecule has 0 atom stereocenters. The zero-order valence-electron chi connectivity index (χ0n) is 18.4. The first kappa shape index (κ1) is 21.8. The molecular formula is C19H31BClN3O3Si. The minimum Gasteiger partial charge on any atom is -0.399 e. The Morgan fingerprint density at radius 1 is 1.14 bits per heavy atom. The summed E-state index contributed by atoms with van der Waals surface area (Å²) in [5, 5.41) is 1.26. The quantitative estimate of drug-likeness (QED) is 0.540. The van der Waals surface area contributed by atoms with Crippen LogP contribution in [-0.4, -0.2) is 41.2 Å². The normalized spacial score (nSPS) is 19.6. The molecule has 1 aliphatic rings. The van der Waals surface area contributed by atoms with Gasteiger partial charge in [-0.05, 0) is 45.8 Å². The third-order valence-corrected chi connectivity index (χ3v) is 11.3. The summed E-state index contributed by atoms with van der Waals surface area (Å²) in [6.45, 7) is 19.7. The van der Waals surface area contributed by atoms with Crippen molar-refractivity contribution in [2.75, 3.05) is 0 Å². The van der Waals surface area contributed by atoms with E-state index in [1.807, 2.05) is 38.5 Å². The molecule has 0 radical (unpaired) electrons. The Balaban J connectivity index is 2.00. The van der Waals surface area contributed by atoms with Gasteiger partial charge in [-0.15, -0.1) is 0 Å². The molecule has 0 amide bonds. The van der Waals surface area contributed by atoms with Crippen molar-refractivity contribution in [3.8, 4) is 0 Å². The lowest BCUT2D eigenvalue weighted by atomic mass is 9.79. The van der Waals surface area contributed by atoms with Gasteiger partial charge in [0.2, 0.25) is 0 Å². The van der Waals surface area contributed by atoms with Crippen molar-refractivity contribution >= 4 is 43.5 Å². The highest BCUT2D eigenvalue weighted by molar-refractivity contribution is 6.74. The standard InChI is InChI=1S/C19H31BClN3O3Si/c1-17(2,3)28(8,9)25-12-24-10-13(14-15(21)22-11-23-16(14)24)20-26-18(4,5)19(6,7)27-20/h10-11H,12H2,1-9H3. The lowest BCUT2D eigenvalue weighted by Gasteiger charge is -2.36. The minimum atomic E-state index is -1.92. The molecule has 0 N–H and O–H groups in total. The molecule has 6 nitrogen and oxygen atoms in total. The monoisotopic (exact) mass is 423 g/mol. The summed E-state index contributed by atoms with van der Waals surface area (Å²) >= 11 is 6.45. The predicted octanol–water partition coefficient (Wildman–Crippen LogP) is 4.36. The van der Waals surface area contributed by atoms with Gasteiger partial charge in [-0.1, -0.05) is 32.4 Å². The van der Waals surface area contributed by atoms with Crippen molar-refractivity contribution in [1.29, 1.82) is 0 Å². The molecule has 0 spiro atoms. The fourth-order valence-corrected chi connectivity index (χ4v) is 3.94. The lowest BCUT2D eigenvalue weighted by Crippen LogP contribution is -2.41. The van der Waals surface area contributed by atoms with Crippen LogP contribution < -0.4 is 5.46 Å². The van der Waals surface area contributed by atoms with Crippen LogP contribution in [0.3, 0.4) is 0 Å². The Kier molecular flexibility index (Phi) is 5.29. The number of aromatic nitrogens is 3. The van der Waals surface area contributed by atoms with E-state index < -0.39 is 26.6 Å². The highest BCUT2D eigenvalue weighted by Gasteiger charge is 2.52. The second-order valence-electron chi connectivity index (χ2n) is 10.0. The summed E-state index contributed by atoms with van der Waals surface area (Å²) in [4.78, 5) is 8.63. The Hall–Kier alpha value is -0.928. The lowest BCUT2D eigenvalue weighted by molar-refractivity contribution is 0.00578. The first-order chi connectivity index (χ1) is 12.7. The topological polar surface area (TPSA) is 58.4 Å². The van der Waals surface area contributed by atoms with E-state index in [0.29, 0.717) is 11.9 Å². The molecule has 28 heavy (non-hydrogen) atoms. The van der Waals surface area contributed by atoms with Gasteiger partial charge in [-0.3, -0.25) is 0 Å². The van der Waals surface area contributed by atoms with Gasteiger partial charge in [0.1, 0.15) is 23.9 Å². The van der Waals surface area contributed by atoms with Crippen molar-refractivity contribution in [3.05, 3.63) is 17.7 Å². The number of fused-ring (bicyclic) bond motifs is 1. The minimum absolute atomic E-state index is 0.122. The number of halogens is 1. The maximum Gasteiger partial charge on any atom is 0.497 e. The summed E-state index contributed by atoms with van der Waals surface area (Å²) in [6, 6.07) is 0. The molecule has 0 unspecified atom stereocenters. The van der Waals surface area contributed by atoms with Gasteiger partial charge in [0.15, 0.2) is 8.32 Å². The fourth-order valence-electron chi connectivity index (χ4n) is 2.81. The molecule has 2 aromatic heterocycles. The third kappa shape index (κ3) is 3.65. The van der Waals surface area contributed by atoms with E-state index in [2.05, 4.69) is 43.8 Å². The fraction of sp³-hybridized carbons (Fsp3) is 0.684. The van der Waals surface area contributed by atoms with E-state index in [-0.39, 0.29) is 5.04 Å². The van der Waals surface area contributed by atoms with Crippen LogP contribution in [0.15, 0.2) is 12.5 Å². The van der Waals surface area contributed by atoms with Crippen LogP contribution >= 0.6 is 11.6 Å². The van der Waals surface area contributed by atoms with Crippen LogP contribution in [0.1, 0.15) is 48.5 Å². The highest BCUT2D eigenvalue weighted by atomic mass is 35.5. The summed E-state index contributed by atoms with van der Waals surface area (Å²) < 4.78 is 20.9. The van der Waals surface area contributed by atoms with E-state index in [4.69, 9.17) is 25.3 Å². The molecule has 0 aromatic carbocycles. The molecule has 3 heterocycles. The summed E-state index contributed by atoms with van der Waals surface area (Å²) in [6.07, 6.45) is 3.45. The first-order valence-electron chi connectivity index (χ1n) is 9.65. The number of rotatable bonds is 4. The molecule has 3 rings (SSSR count). The summed E-state index contributed by atoms with van der Waals surface area (Å²) in [5.41, 5.74) is 0.680. The van der Waals surface area contributed by atoms with E-state index in [0.717, 1.165) is 16.5 Å². The average Bonchev–Trinajstić information content (AvgIpc) is 3.00. The SMILES string of the molecule is CC1(C)OB(c2cn(CO[Si](C)(C)C(C)(C)C)c3ncnc(Cl)c23)OC1(C)C. The van der Waals surface area contributed by atoms with Crippen molar-refractivity contribution < 1.29 is 13.7 Å². The van der Waals surface area contributed by atoms with E-state index in [9.17, 15) is 0 Å². The third-order valence-electron chi connectivity index (χ3n) is 6.51. The zero-order chi connectivity index (χ0) is 21.1. The Morgan fingerprint density at radius 2 is 1.71 bits per heavy atom. The van der Waals surface area contributed by atoms with Gasteiger partial charge in [0, 0.05) is 11.7 Å². The molecule has 0 saturated carbocycles. The molecule has 0 aliphatic carbocycles. The Bertz CT molecular complexity index is 876. The molecule has 1 fully saturated rings. The van der Waals surface area contributed by atoms with Crippen LogP contribution in [0.2, 0.25) is 23.3 Å². The Morgan fingerprint density at radius 3 is 2.25 bits per heavy atom. The number of hydrogen-bond acceptors (Lipinski definition) is 5. The van der Waals surface area contributed by atoms with Crippen LogP contribution in [0.25, 0.3) is 11.0 Å². The molecule has 0 bridgehead atoms. The smallest absolute Gasteiger partial charge is 0.399 e. The number of nitrogens with zero attached hydrogens (tertiary/aromatic N) is 3. The maximum absolute atomic E-state index is 6.45. The van der Waals surface area contributed by atoms with Gasteiger partial charge in [0.05, 0.1) is 16.6 Å². The van der Waals surface area contributed by atoms with Gasteiger partial charge in [0.25, 0.3) is 0 Å². The predicted molar refractivity (Wildman–Crippen MR) is 117 cm³/mol. The van der Waals surface area contributed by atoms with E-state index in [1.165, 1.54) is 6.33 Å². The zero-order valence-corrected chi connectivity index (χ0v) is 20.1. The number of hydrogen-bond donors (Lipinski definition) is 0. The first-order valence-corrected chi connectivity index (χ1v) is 12.9. The Labute approximate surface area is 174 Å². The van der Waals surface area contributed by atoms with Crippen molar-refractivity contribution in [2.24, 2.45) is 0 Å². The van der Waals surface area contributed by atoms with Gasteiger partial charge in [-0.2, -0.15) is 0 Å². The van der Waals surface area contributed by atoms with Crippen LogP contribution in [-0.2, 0) is 20.5 Å². The molecule has 154 valence electrons. The van der Waals surface area contributed by atoms with Crippen molar-refractivity contribution in [1.82, 2.24) is 14.5 Å². The van der Waals surface area contributed by atoms with Gasteiger partial charge in [-0.25, -0.2) is 9.97 Å². The van der Waals surface area contributed by atoms with Crippen molar-refractivity contribution in [2.45, 2.75) is 84.5 Å². The van der Waals surface area contributed by atoms with Crippen LogP contribution in [0.5, 0.6) is 0 Å². The molecule has 1 aliphatic heterocycles. The van der Waals surface area contributed by atoms with Crippen molar-refractivity contribution in [3.63, 3.8) is 0 Å². The van der Waals surface area contributed by atoms with Gasteiger partial charge >= 0.3 is 7.12 Å². The van der Waals surface area contributed by atoms with Crippen LogP contribution in [0.4, 0.5) is 0 Å². The average molecular weight is 424 g/mol. The summed E-state index contributed by atoms with van der Waals surface area (Å²) in [7, 11) is -2.45. The highest BCUT2D eigenvalue weighted by Crippen LogP contribution is 2.38. The second kappa shape index (κ2) is 6.81. The largest absolute Gasteiger partial charge is 0.497 e. The molecule has 9 heteroatoms. The van der Waals surface area contributed by atoms with Crippen LogP contribution in [0, 0.1) is 0 Å². The molecule has 1 saturated heterocycles. The molecular weight excluding hydrogens is 393 g/mol. The molecule has 2 aromatic rings. The van der Waals surface area contributed by atoms with E-state index >= 15 is 0 Å². The maximum atomic E-state index is 6.45. The van der Waals surface area contributed by atoms with Gasteiger partial charge < -0.3 is 18.3 Å². The van der Waals surface area contributed by atoms with E-state index in [1.54, 1.807) is 0 Å². The summed E-state index contributed by atoms with van der Waals surface area (Å²) in [5.74, 6) is 0.